The third kappa shape index (κ3) is 16.0. The first kappa shape index (κ1) is 64.4. The van der Waals surface area contributed by atoms with Crippen LogP contribution in [0.15, 0.2) is 200 Å². The first-order chi connectivity index (χ1) is 42.9. The smallest absolute Gasteiger partial charge is 0.0492 e. The lowest BCUT2D eigenvalue weighted by Crippen LogP contribution is -2.16. The Morgan fingerprint density at radius 1 is 0.307 bits per heavy atom. The molecule has 0 bridgehead atoms. The fourth-order valence-electron chi connectivity index (χ4n) is 12.2. The van der Waals surface area contributed by atoms with Crippen molar-refractivity contribution in [2.75, 3.05) is 31.5 Å². The van der Waals surface area contributed by atoms with Crippen molar-refractivity contribution < 1.29 is 0 Å². The minimum absolute atomic E-state index is 0.00135. The normalized spacial score (nSPS) is 12.0. The highest BCUT2D eigenvalue weighted by Gasteiger charge is 2.24. The second-order valence-corrected chi connectivity index (χ2v) is 24.4. The fraction of sp³-hybridized carbons (Fsp3) is 0.333. The Labute approximate surface area is 529 Å². The van der Waals surface area contributed by atoms with E-state index in [4.69, 9.17) is 11.5 Å². The van der Waals surface area contributed by atoms with Crippen LogP contribution in [-0.4, -0.2) is 6.54 Å². The van der Waals surface area contributed by atoms with Crippen LogP contribution in [0.2, 0.25) is 0 Å². The molecule has 0 saturated carbocycles. The maximum Gasteiger partial charge on any atom is 0.0492 e. The zero-order valence-corrected chi connectivity index (χ0v) is 54.5. The van der Waals surface area contributed by atoms with Crippen molar-refractivity contribution in [2.45, 2.75) is 171 Å². The van der Waals surface area contributed by atoms with Gasteiger partial charge in [-0.1, -0.05) is 141 Å². The molecule has 0 amide bonds. The van der Waals surface area contributed by atoms with Gasteiger partial charge in [0.1, 0.15) is 0 Å². The Bertz CT molecular complexity index is 3520. The molecule has 0 aliphatic heterocycles. The number of nitrogens with zero attached hydrogens (tertiary/aromatic N) is 4. The number of benzene rings is 9. The monoisotopic (exact) mass is 1170 g/mol. The van der Waals surface area contributed by atoms with Gasteiger partial charge in [0.15, 0.2) is 0 Å². The van der Waals surface area contributed by atoms with Gasteiger partial charge in [-0.05, 0) is 263 Å². The number of rotatable bonds is 31. The minimum Gasteiger partial charge on any atom is -0.385 e. The van der Waals surface area contributed by atoms with E-state index in [-0.39, 0.29) is 12.1 Å². The van der Waals surface area contributed by atoms with E-state index in [0.29, 0.717) is 0 Å². The number of hydrogen-bond acceptors (Lipinski definition) is 7. The molecule has 88 heavy (non-hydrogen) atoms. The Balaban J connectivity index is 1.18. The van der Waals surface area contributed by atoms with Crippen LogP contribution in [0.5, 0.6) is 0 Å². The van der Waals surface area contributed by atoms with E-state index in [9.17, 15) is 0 Å². The van der Waals surface area contributed by atoms with Crippen LogP contribution in [-0.2, 0) is 19.3 Å². The molecule has 0 aliphatic rings. The number of nitrogens with one attached hydrogen (secondary N) is 1. The summed E-state index contributed by atoms with van der Waals surface area (Å²) in [6.07, 6.45) is 16.6. The topological polar surface area (TPSA) is 77.0 Å². The van der Waals surface area contributed by atoms with Crippen LogP contribution in [0, 0.1) is 20.8 Å². The molecule has 458 valence electrons. The van der Waals surface area contributed by atoms with Gasteiger partial charge in [-0.2, -0.15) is 0 Å². The molecule has 9 aromatic rings. The molecule has 2 atom stereocenters. The molecule has 0 aromatic heterocycles. The molecule has 9 rings (SSSR count). The number of nitrogens with two attached hydrogens (primary N) is 2. The maximum absolute atomic E-state index is 6.70. The third-order valence-corrected chi connectivity index (χ3v) is 17.4. The van der Waals surface area contributed by atoms with Crippen molar-refractivity contribution in [2.24, 2.45) is 11.5 Å². The van der Waals surface area contributed by atoms with Crippen molar-refractivity contribution in [1.29, 1.82) is 0 Å². The summed E-state index contributed by atoms with van der Waals surface area (Å²) in [5, 5.41) is 3.63. The summed E-state index contributed by atoms with van der Waals surface area (Å²) in [4.78, 5) is 9.69. The van der Waals surface area contributed by atoms with E-state index in [0.717, 1.165) is 161 Å². The quantitative estimate of drug-likeness (QED) is 0.0374. The number of anilines is 13. The summed E-state index contributed by atoms with van der Waals surface area (Å²) in [5.74, 6) is 0. The van der Waals surface area contributed by atoms with Crippen LogP contribution in [0.1, 0.15) is 175 Å². The second kappa shape index (κ2) is 31.7. The fourth-order valence-corrected chi connectivity index (χ4v) is 12.2. The predicted molar refractivity (Wildman–Crippen MR) is 382 cm³/mol. The van der Waals surface area contributed by atoms with E-state index < -0.39 is 0 Å². The number of hydrogen-bond donors (Lipinski definition) is 3. The average molecular weight is 1170 g/mol. The van der Waals surface area contributed by atoms with Crippen LogP contribution >= 0.6 is 0 Å². The SMILES string of the molecule is CCCCNc1ccc(N(c2ccc(C(N)CCC)cc2)c2ccc(N(c3ccc(N(c4ccc(CCCC)cc4)c4ccc(CCCC)cc4)c(C)c3)c3ccc(N(c4ccc(CCCC)cc4)c4ccc(C(N)CCC)cc4)c(C)c3)cc2C)cc1. The molecule has 0 fully saturated rings. The zero-order chi connectivity index (χ0) is 61.9. The molecular weight excluding hydrogens is 1070 g/mol. The Morgan fingerprint density at radius 2 is 0.580 bits per heavy atom. The lowest BCUT2D eigenvalue weighted by atomic mass is 10.0. The Kier molecular flexibility index (Phi) is 23.2. The van der Waals surface area contributed by atoms with E-state index >= 15 is 0 Å². The van der Waals surface area contributed by atoms with Crippen molar-refractivity contribution in [3.63, 3.8) is 0 Å². The highest BCUT2D eigenvalue weighted by atomic mass is 15.2. The van der Waals surface area contributed by atoms with Crippen LogP contribution < -0.4 is 36.4 Å². The highest BCUT2D eigenvalue weighted by molar-refractivity contribution is 5.88. The number of unbranched alkanes of at least 4 members (excludes halogenated alkanes) is 4. The summed E-state index contributed by atoms with van der Waals surface area (Å²) in [5.41, 5.74) is 37.7. The lowest BCUT2D eigenvalue weighted by Gasteiger charge is -2.32. The lowest BCUT2D eigenvalue weighted by molar-refractivity contribution is 0.638. The summed E-state index contributed by atoms with van der Waals surface area (Å²) >= 11 is 0. The van der Waals surface area contributed by atoms with Crippen molar-refractivity contribution in [3.8, 4) is 0 Å². The van der Waals surface area contributed by atoms with Gasteiger partial charge in [0, 0.05) is 92.6 Å². The summed E-state index contributed by atoms with van der Waals surface area (Å²) in [6, 6.07) is 75.4. The molecule has 0 radical (unpaired) electrons. The van der Waals surface area contributed by atoms with Gasteiger partial charge in [0.05, 0.1) is 0 Å². The molecule has 0 spiro atoms. The van der Waals surface area contributed by atoms with Crippen LogP contribution in [0.3, 0.4) is 0 Å². The van der Waals surface area contributed by atoms with Gasteiger partial charge < -0.3 is 36.4 Å². The molecule has 5 N–H and O–H groups in total. The summed E-state index contributed by atoms with van der Waals surface area (Å²) < 4.78 is 0. The van der Waals surface area contributed by atoms with Crippen molar-refractivity contribution >= 4 is 73.9 Å². The van der Waals surface area contributed by atoms with Crippen molar-refractivity contribution in [3.05, 3.63) is 245 Å². The molecule has 7 nitrogen and oxygen atoms in total. The Morgan fingerprint density at radius 3 is 0.852 bits per heavy atom. The molecule has 0 saturated heterocycles. The molecular formula is C81H99N7. The van der Waals surface area contributed by atoms with E-state index in [1.54, 1.807) is 0 Å². The average Bonchev–Trinajstić information content (AvgIpc) is 3.07. The Hall–Kier alpha value is -8.10. The van der Waals surface area contributed by atoms with Gasteiger partial charge in [0.2, 0.25) is 0 Å². The van der Waals surface area contributed by atoms with Crippen LogP contribution in [0.4, 0.5) is 73.9 Å². The van der Waals surface area contributed by atoms with E-state index in [2.05, 4.69) is 287 Å². The van der Waals surface area contributed by atoms with Gasteiger partial charge >= 0.3 is 0 Å². The molecule has 9 aromatic carbocycles. The zero-order valence-electron chi connectivity index (χ0n) is 54.5. The van der Waals surface area contributed by atoms with E-state index in [1.165, 1.54) is 60.8 Å². The maximum atomic E-state index is 6.70. The third-order valence-electron chi connectivity index (χ3n) is 17.4. The van der Waals surface area contributed by atoms with E-state index in [1.807, 2.05) is 0 Å². The highest BCUT2D eigenvalue weighted by Crippen LogP contribution is 2.46. The predicted octanol–water partition coefficient (Wildman–Crippen LogP) is 23.3. The first-order valence-corrected chi connectivity index (χ1v) is 33.3. The number of aryl methyl sites for hydroxylation is 6. The molecule has 2 unspecified atom stereocenters. The van der Waals surface area contributed by atoms with Gasteiger partial charge in [-0.25, -0.2) is 0 Å². The van der Waals surface area contributed by atoms with Gasteiger partial charge in [-0.15, -0.1) is 0 Å². The first-order valence-electron chi connectivity index (χ1n) is 33.3. The van der Waals surface area contributed by atoms with Gasteiger partial charge in [-0.3, -0.25) is 0 Å². The summed E-state index contributed by atoms with van der Waals surface area (Å²) in [7, 11) is 0. The molecule has 0 aliphatic carbocycles. The van der Waals surface area contributed by atoms with Crippen molar-refractivity contribution in [1.82, 2.24) is 0 Å². The standard InChI is InChI=1S/C81H99N7/c1-10-16-22-62-25-37-68(38-26-62)86(69-39-27-63(28-40-69)23-17-11-2)79-52-49-74(56-59(79)7)85(75-50-53-80(60(8)57-75)87(70-41-29-64(30-42-70)24-18-12-3)71-43-31-65(32-44-71)77(82)20-14-5)76-51-54-81(61(9)58-76)88(72-45-33-66(34-46-72)78(83)21-15-6)73-47-35-67(36-48-73)84-55-19-13-4/h25-54,56-58,77-78,84H,10-24,55,82-83H2,1-9H3. The second-order valence-electron chi connectivity index (χ2n) is 24.4. The van der Waals surface area contributed by atoms with Gasteiger partial charge in [0.25, 0.3) is 0 Å². The minimum atomic E-state index is 0.00135. The molecule has 7 heteroatoms. The largest absolute Gasteiger partial charge is 0.385 e. The summed E-state index contributed by atoms with van der Waals surface area (Å²) in [6.45, 7) is 21.2. The van der Waals surface area contributed by atoms with Crippen LogP contribution in [0.25, 0.3) is 0 Å². The molecule has 0 heterocycles.